The molecular weight excluding hydrogens is 326 g/mol. The zero-order valence-electron chi connectivity index (χ0n) is 12.8. The van der Waals surface area contributed by atoms with Crippen molar-refractivity contribution in [3.8, 4) is 0 Å². The van der Waals surface area contributed by atoms with Gasteiger partial charge in [-0.2, -0.15) is 0 Å². The second-order valence-corrected chi connectivity index (χ2v) is 7.17. The van der Waals surface area contributed by atoms with E-state index < -0.39 is 16.0 Å². The van der Waals surface area contributed by atoms with Crippen molar-refractivity contribution in [1.29, 1.82) is 0 Å². The highest BCUT2D eigenvalue weighted by atomic mass is 32.2. The molecule has 3 rings (SSSR count). The van der Waals surface area contributed by atoms with Crippen LogP contribution < -0.4 is 9.83 Å². The molecule has 0 bridgehead atoms. The maximum absolute atomic E-state index is 12.5. The number of carbonyl (C=O) groups is 1. The van der Waals surface area contributed by atoms with Crippen LogP contribution in [0.15, 0.2) is 65.6 Å². The number of nitrogens with one attached hydrogen (secondary N) is 1. The Morgan fingerprint density at radius 2 is 1.67 bits per heavy atom. The van der Waals surface area contributed by atoms with E-state index in [4.69, 9.17) is 0 Å². The summed E-state index contributed by atoms with van der Waals surface area (Å²) in [5, 5.41) is 12.6. The van der Waals surface area contributed by atoms with Crippen molar-refractivity contribution in [2.24, 2.45) is 0 Å². The number of carboxylic acid groups (broad SMARTS) is 1. The van der Waals surface area contributed by atoms with E-state index in [0.717, 1.165) is 16.3 Å². The number of fused-ring (bicyclic) bond motifs is 1. The van der Waals surface area contributed by atoms with Gasteiger partial charge in [0.1, 0.15) is 0 Å². The van der Waals surface area contributed by atoms with Gasteiger partial charge in [-0.05, 0) is 47.5 Å². The number of carbonyl (C=O) groups excluding carboxylic acids is 1. The van der Waals surface area contributed by atoms with E-state index >= 15 is 0 Å². The van der Waals surface area contributed by atoms with Gasteiger partial charge in [0, 0.05) is 5.69 Å². The molecule has 0 heterocycles. The Morgan fingerprint density at radius 1 is 0.958 bits per heavy atom. The monoisotopic (exact) mass is 340 g/mol. The summed E-state index contributed by atoms with van der Waals surface area (Å²) in [5.41, 5.74) is 1.17. The highest BCUT2D eigenvalue weighted by Gasteiger charge is 2.15. The summed E-state index contributed by atoms with van der Waals surface area (Å²) in [4.78, 5) is 11.0. The minimum Gasteiger partial charge on any atom is -0.545 e. The lowest BCUT2D eigenvalue weighted by atomic mass is 10.1. The first-order valence-electron chi connectivity index (χ1n) is 7.20. The Morgan fingerprint density at radius 3 is 2.42 bits per heavy atom. The topological polar surface area (TPSA) is 86.3 Å². The van der Waals surface area contributed by atoms with E-state index in [1.54, 1.807) is 12.1 Å². The fourth-order valence-electron chi connectivity index (χ4n) is 2.43. The Balaban J connectivity index is 1.97. The molecule has 0 aliphatic rings. The van der Waals surface area contributed by atoms with Crippen LogP contribution in [-0.2, 0) is 10.0 Å². The van der Waals surface area contributed by atoms with Gasteiger partial charge in [0.25, 0.3) is 10.0 Å². The predicted octanol–water partition coefficient (Wildman–Crippen LogP) is 2.31. The van der Waals surface area contributed by atoms with E-state index in [1.807, 2.05) is 25.1 Å². The Labute approximate surface area is 139 Å². The summed E-state index contributed by atoms with van der Waals surface area (Å²) in [7, 11) is -3.82. The number of benzene rings is 3. The van der Waals surface area contributed by atoms with Crippen LogP contribution >= 0.6 is 0 Å². The Kier molecular flexibility index (Phi) is 3.99. The van der Waals surface area contributed by atoms with E-state index in [9.17, 15) is 18.3 Å². The lowest BCUT2D eigenvalue weighted by Crippen LogP contribution is -2.22. The van der Waals surface area contributed by atoms with Gasteiger partial charge in [0.15, 0.2) is 0 Å². The molecule has 0 spiro atoms. The molecule has 3 aromatic rings. The minimum absolute atomic E-state index is 0.0933. The number of hydrogen-bond acceptors (Lipinski definition) is 4. The average Bonchev–Trinajstić information content (AvgIpc) is 2.54. The smallest absolute Gasteiger partial charge is 0.261 e. The lowest BCUT2D eigenvalue weighted by Gasteiger charge is -2.11. The maximum atomic E-state index is 12.5. The fourth-order valence-corrected chi connectivity index (χ4v) is 3.52. The van der Waals surface area contributed by atoms with Gasteiger partial charge in [0.05, 0.1) is 10.9 Å². The van der Waals surface area contributed by atoms with Crippen molar-refractivity contribution in [3.05, 3.63) is 71.8 Å². The van der Waals surface area contributed by atoms with Crippen LogP contribution in [0.25, 0.3) is 10.8 Å². The summed E-state index contributed by atoms with van der Waals surface area (Å²) < 4.78 is 27.4. The van der Waals surface area contributed by atoms with Gasteiger partial charge in [-0.1, -0.05) is 42.0 Å². The van der Waals surface area contributed by atoms with E-state index in [0.29, 0.717) is 0 Å². The molecule has 0 saturated carbocycles. The van der Waals surface area contributed by atoms with Crippen molar-refractivity contribution in [2.75, 3.05) is 4.72 Å². The van der Waals surface area contributed by atoms with Gasteiger partial charge >= 0.3 is 0 Å². The average molecular weight is 340 g/mol. The molecule has 6 heteroatoms. The van der Waals surface area contributed by atoms with E-state index in [-0.39, 0.29) is 16.1 Å². The molecule has 0 aliphatic heterocycles. The first-order chi connectivity index (χ1) is 11.3. The van der Waals surface area contributed by atoms with Crippen molar-refractivity contribution in [2.45, 2.75) is 11.8 Å². The summed E-state index contributed by atoms with van der Waals surface area (Å²) in [6.45, 7) is 1.97. The van der Waals surface area contributed by atoms with Gasteiger partial charge in [-0.25, -0.2) is 8.42 Å². The Bertz CT molecular complexity index is 1040. The first kappa shape index (κ1) is 16.0. The van der Waals surface area contributed by atoms with Gasteiger partial charge < -0.3 is 9.90 Å². The van der Waals surface area contributed by atoms with Crippen LogP contribution in [-0.4, -0.2) is 14.4 Å². The molecule has 0 fully saturated rings. The predicted molar refractivity (Wildman–Crippen MR) is 90.3 cm³/mol. The van der Waals surface area contributed by atoms with Gasteiger partial charge in [-0.3, -0.25) is 4.72 Å². The minimum atomic E-state index is -3.82. The van der Waals surface area contributed by atoms with Gasteiger partial charge in [0.2, 0.25) is 0 Å². The third kappa shape index (κ3) is 3.23. The molecule has 0 unspecified atom stereocenters. The number of aromatic carboxylic acids is 1. The molecule has 0 saturated heterocycles. The fraction of sp³-hybridized carbons (Fsp3) is 0.0556. The molecule has 5 nitrogen and oxygen atoms in total. The van der Waals surface area contributed by atoms with Crippen molar-refractivity contribution < 1.29 is 18.3 Å². The number of carboxylic acids is 1. The number of aryl methyl sites for hydroxylation is 1. The van der Waals surface area contributed by atoms with Crippen LogP contribution in [0.2, 0.25) is 0 Å². The summed E-state index contributed by atoms with van der Waals surface area (Å²) in [6.07, 6.45) is 0. The molecule has 0 radical (unpaired) electrons. The first-order valence-corrected chi connectivity index (χ1v) is 8.68. The van der Waals surface area contributed by atoms with Gasteiger partial charge in [-0.15, -0.1) is 0 Å². The Hall–Kier alpha value is -2.86. The molecule has 0 aliphatic carbocycles. The van der Waals surface area contributed by atoms with Crippen LogP contribution in [0.5, 0.6) is 0 Å². The number of hydrogen-bond donors (Lipinski definition) is 1. The zero-order valence-corrected chi connectivity index (χ0v) is 13.6. The highest BCUT2D eigenvalue weighted by Crippen LogP contribution is 2.22. The highest BCUT2D eigenvalue weighted by molar-refractivity contribution is 7.92. The molecule has 0 atom stereocenters. The zero-order chi connectivity index (χ0) is 17.3. The normalized spacial score (nSPS) is 11.4. The molecule has 122 valence electrons. The second kappa shape index (κ2) is 5.98. The van der Waals surface area contributed by atoms with Crippen molar-refractivity contribution in [1.82, 2.24) is 0 Å². The van der Waals surface area contributed by atoms with E-state index in [2.05, 4.69) is 4.72 Å². The van der Waals surface area contributed by atoms with Crippen LogP contribution in [0.1, 0.15) is 15.9 Å². The molecule has 0 aromatic heterocycles. The third-order valence-corrected chi connectivity index (χ3v) is 5.01. The van der Waals surface area contributed by atoms with Crippen LogP contribution in [0.4, 0.5) is 5.69 Å². The third-order valence-electron chi connectivity index (χ3n) is 3.63. The summed E-state index contributed by atoms with van der Waals surface area (Å²) in [6, 6.07) is 16.1. The second-order valence-electron chi connectivity index (χ2n) is 5.49. The molecule has 0 amide bonds. The maximum Gasteiger partial charge on any atom is 0.261 e. The lowest BCUT2D eigenvalue weighted by molar-refractivity contribution is -0.255. The molecule has 3 aromatic carbocycles. The quantitative estimate of drug-likeness (QED) is 0.789. The number of anilines is 1. The van der Waals surface area contributed by atoms with E-state index in [1.165, 1.54) is 30.3 Å². The number of rotatable bonds is 4. The SMILES string of the molecule is Cc1ccc2cc(S(=O)(=O)Nc3cccc(C(=O)[O-])c3)ccc2c1. The molecular formula is C18H14NO4S-. The molecule has 1 N–H and O–H groups in total. The standard InChI is InChI=1S/C18H15NO4S/c1-12-5-6-14-11-17(8-7-13(14)9-12)24(22,23)19-16-4-2-3-15(10-16)18(20)21/h2-11,19H,1H3,(H,20,21)/p-1. The summed E-state index contributed by atoms with van der Waals surface area (Å²) >= 11 is 0. The summed E-state index contributed by atoms with van der Waals surface area (Å²) in [5.74, 6) is -1.36. The number of sulfonamides is 1. The van der Waals surface area contributed by atoms with Crippen molar-refractivity contribution in [3.63, 3.8) is 0 Å². The molecule has 24 heavy (non-hydrogen) atoms. The van der Waals surface area contributed by atoms with Crippen LogP contribution in [0, 0.1) is 6.92 Å². The van der Waals surface area contributed by atoms with Crippen molar-refractivity contribution >= 4 is 32.5 Å². The van der Waals surface area contributed by atoms with Crippen LogP contribution in [0.3, 0.4) is 0 Å². The largest absolute Gasteiger partial charge is 0.545 e.